The van der Waals surface area contributed by atoms with E-state index in [0.29, 0.717) is 0 Å². The molecule has 0 N–H and O–H groups in total. The molecule has 0 fully saturated rings. The molecule has 3 aromatic rings. The van der Waals surface area contributed by atoms with Crippen molar-refractivity contribution in [3.63, 3.8) is 0 Å². The van der Waals surface area contributed by atoms with E-state index in [-0.39, 0.29) is 0 Å². The van der Waals surface area contributed by atoms with Crippen LogP contribution in [0.15, 0.2) is 108 Å². The van der Waals surface area contributed by atoms with Crippen LogP contribution >= 0.6 is 15.9 Å². The highest BCUT2D eigenvalue weighted by molar-refractivity contribution is 9.11. The molecule has 2 aromatic carbocycles. The maximum atomic E-state index is 4.18. The van der Waals surface area contributed by atoms with Gasteiger partial charge in [0, 0.05) is 21.2 Å². The van der Waals surface area contributed by atoms with Crippen LogP contribution in [0.25, 0.3) is 22.7 Å². The van der Waals surface area contributed by atoms with E-state index in [0.717, 1.165) is 27.0 Å². The highest BCUT2D eigenvalue weighted by atomic mass is 79.9. The first kappa shape index (κ1) is 19.9. The van der Waals surface area contributed by atoms with Gasteiger partial charge in [-0.2, -0.15) is 0 Å². The second-order valence-corrected chi connectivity index (χ2v) is 7.50. The number of aromatic nitrogens is 1. The molecule has 0 radical (unpaired) electrons. The minimum Gasteiger partial charge on any atom is -0.310 e. The summed E-state index contributed by atoms with van der Waals surface area (Å²) in [5, 5.41) is 1.26. The Kier molecular flexibility index (Phi) is 6.33. The number of hydrogen-bond donors (Lipinski definition) is 0. The van der Waals surface area contributed by atoms with Crippen LogP contribution in [0.1, 0.15) is 18.2 Å². The molecule has 0 unspecified atom stereocenters. The third kappa shape index (κ3) is 4.18. The Bertz CT molecular complexity index is 1110. The minimum atomic E-state index is 0.884. The molecule has 0 saturated heterocycles. The molecule has 3 rings (SSSR count). The van der Waals surface area contributed by atoms with E-state index in [1.54, 1.807) is 0 Å². The Morgan fingerprint density at radius 1 is 0.893 bits per heavy atom. The molecular formula is C26H24BrN. The van der Waals surface area contributed by atoms with Gasteiger partial charge in [-0.3, -0.25) is 0 Å². The van der Waals surface area contributed by atoms with E-state index in [9.17, 15) is 0 Å². The molecule has 140 valence electrons. The number of allylic oxidation sites excluding steroid dienone is 7. The fourth-order valence-electron chi connectivity index (χ4n) is 3.15. The van der Waals surface area contributed by atoms with Gasteiger partial charge in [0.15, 0.2) is 0 Å². The SMILES string of the molecule is C=C(/C=C\C(Br)=C/C)C(=C)/C=C\c1c(C)c2ccccc2n1-c1ccccc1. The van der Waals surface area contributed by atoms with Crippen molar-refractivity contribution < 1.29 is 0 Å². The Morgan fingerprint density at radius 3 is 2.25 bits per heavy atom. The summed E-state index contributed by atoms with van der Waals surface area (Å²) in [6, 6.07) is 18.9. The van der Waals surface area contributed by atoms with Crippen molar-refractivity contribution in [1.82, 2.24) is 4.57 Å². The fourth-order valence-corrected chi connectivity index (χ4v) is 3.28. The lowest BCUT2D eigenvalue weighted by molar-refractivity contribution is 1.10. The monoisotopic (exact) mass is 429 g/mol. The minimum absolute atomic E-state index is 0.884. The van der Waals surface area contributed by atoms with Gasteiger partial charge in [0.25, 0.3) is 0 Å². The molecule has 0 amide bonds. The van der Waals surface area contributed by atoms with Crippen molar-refractivity contribution in [2.45, 2.75) is 13.8 Å². The quantitative estimate of drug-likeness (QED) is 0.350. The molecule has 1 nitrogen and oxygen atoms in total. The summed E-state index contributed by atoms with van der Waals surface area (Å²) < 4.78 is 3.31. The Balaban J connectivity index is 2.03. The predicted octanol–water partition coefficient (Wildman–Crippen LogP) is 7.92. The first-order chi connectivity index (χ1) is 13.5. The first-order valence-corrected chi connectivity index (χ1v) is 10.0. The zero-order valence-electron chi connectivity index (χ0n) is 16.3. The van der Waals surface area contributed by atoms with Crippen LogP contribution in [0.4, 0.5) is 0 Å². The maximum Gasteiger partial charge on any atom is 0.0537 e. The number of hydrogen-bond acceptors (Lipinski definition) is 0. The van der Waals surface area contributed by atoms with Crippen LogP contribution in [0.2, 0.25) is 0 Å². The summed E-state index contributed by atoms with van der Waals surface area (Å²) in [6.45, 7) is 12.5. The zero-order chi connectivity index (χ0) is 20.1. The number of nitrogens with zero attached hydrogens (tertiary/aromatic N) is 1. The normalized spacial score (nSPS) is 12.3. The third-order valence-corrected chi connectivity index (χ3v) is 5.48. The summed E-state index contributed by atoms with van der Waals surface area (Å²) in [4.78, 5) is 0. The van der Waals surface area contributed by atoms with Crippen molar-refractivity contribution in [3.8, 4) is 5.69 Å². The van der Waals surface area contributed by atoms with Gasteiger partial charge in [-0.05, 0) is 60.9 Å². The van der Waals surface area contributed by atoms with Crippen molar-refractivity contribution in [2.24, 2.45) is 0 Å². The summed E-state index contributed by atoms with van der Waals surface area (Å²) in [5.41, 5.74) is 6.52. The highest BCUT2D eigenvalue weighted by Crippen LogP contribution is 2.30. The summed E-state index contributed by atoms with van der Waals surface area (Å²) in [6.07, 6.45) is 10.1. The number of rotatable bonds is 6. The van der Waals surface area contributed by atoms with Crippen LogP contribution in [-0.4, -0.2) is 4.57 Å². The Labute approximate surface area is 175 Å². The van der Waals surface area contributed by atoms with Crippen LogP contribution < -0.4 is 0 Å². The molecule has 0 aliphatic carbocycles. The lowest BCUT2D eigenvalue weighted by Gasteiger charge is -2.09. The van der Waals surface area contributed by atoms with Gasteiger partial charge in [-0.25, -0.2) is 0 Å². The molecule has 0 aliphatic rings. The second-order valence-electron chi connectivity index (χ2n) is 6.59. The van der Waals surface area contributed by atoms with Crippen LogP contribution in [-0.2, 0) is 0 Å². The fraction of sp³-hybridized carbons (Fsp3) is 0.0769. The molecule has 28 heavy (non-hydrogen) atoms. The highest BCUT2D eigenvalue weighted by Gasteiger charge is 2.13. The second kappa shape index (κ2) is 8.90. The van der Waals surface area contributed by atoms with Crippen molar-refractivity contribution >= 4 is 32.9 Å². The van der Waals surface area contributed by atoms with Crippen LogP contribution in [0.5, 0.6) is 0 Å². The average molecular weight is 430 g/mol. The number of halogens is 1. The molecule has 0 aliphatic heterocycles. The predicted molar refractivity (Wildman–Crippen MR) is 127 cm³/mol. The van der Waals surface area contributed by atoms with Gasteiger partial charge in [0.05, 0.1) is 5.52 Å². The number of aryl methyl sites for hydroxylation is 1. The Hall–Kier alpha value is -2.84. The van der Waals surface area contributed by atoms with Crippen molar-refractivity contribution in [2.75, 3.05) is 0 Å². The summed E-state index contributed by atoms with van der Waals surface area (Å²) in [5.74, 6) is 0. The van der Waals surface area contributed by atoms with Crippen molar-refractivity contribution in [1.29, 1.82) is 0 Å². The molecular weight excluding hydrogens is 406 g/mol. The number of para-hydroxylation sites is 2. The Morgan fingerprint density at radius 2 is 1.54 bits per heavy atom. The zero-order valence-corrected chi connectivity index (χ0v) is 17.9. The van der Waals surface area contributed by atoms with E-state index < -0.39 is 0 Å². The van der Waals surface area contributed by atoms with E-state index in [1.165, 1.54) is 16.5 Å². The van der Waals surface area contributed by atoms with E-state index >= 15 is 0 Å². The third-order valence-electron chi connectivity index (χ3n) is 4.76. The van der Waals surface area contributed by atoms with Gasteiger partial charge in [-0.15, -0.1) is 0 Å². The van der Waals surface area contributed by atoms with Gasteiger partial charge in [-0.1, -0.05) is 83.7 Å². The lowest BCUT2D eigenvalue weighted by atomic mass is 10.1. The largest absolute Gasteiger partial charge is 0.310 e. The van der Waals surface area contributed by atoms with Gasteiger partial charge >= 0.3 is 0 Å². The molecule has 0 atom stereocenters. The lowest BCUT2D eigenvalue weighted by Crippen LogP contribution is -1.96. The topological polar surface area (TPSA) is 4.93 Å². The number of fused-ring (bicyclic) bond motifs is 1. The first-order valence-electron chi connectivity index (χ1n) is 9.24. The smallest absolute Gasteiger partial charge is 0.0537 e. The van der Waals surface area contributed by atoms with E-state index in [2.05, 4.69) is 95.2 Å². The standard InChI is InChI=1S/C26H24BrN/c1-5-22(27)17-15-19(2)20(3)16-18-25-21(4)24-13-9-10-14-26(24)28(25)23-11-7-6-8-12-23/h5-18H,2-3H2,1,4H3/b17-15-,18-16-,22-5+. The molecule has 0 saturated carbocycles. The van der Waals surface area contributed by atoms with Crippen LogP contribution in [0, 0.1) is 6.92 Å². The van der Waals surface area contributed by atoms with Gasteiger partial charge in [0.1, 0.15) is 0 Å². The van der Waals surface area contributed by atoms with Gasteiger partial charge < -0.3 is 4.57 Å². The van der Waals surface area contributed by atoms with E-state index in [4.69, 9.17) is 0 Å². The molecule has 0 bridgehead atoms. The molecule has 1 aromatic heterocycles. The maximum absolute atomic E-state index is 4.18. The molecule has 1 heterocycles. The van der Waals surface area contributed by atoms with Crippen LogP contribution in [0.3, 0.4) is 0 Å². The van der Waals surface area contributed by atoms with Crippen molar-refractivity contribution in [3.05, 3.63) is 119 Å². The van der Waals surface area contributed by atoms with Gasteiger partial charge in [0.2, 0.25) is 0 Å². The summed E-state index contributed by atoms with van der Waals surface area (Å²) >= 11 is 3.48. The van der Waals surface area contributed by atoms with E-state index in [1.807, 2.05) is 37.3 Å². The number of benzene rings is 2. The molecule has 2 heteroatoms. The average Bonchev–Trinajstić information content (AvgIpc) is 3.02. The molecule has 0 spiro atoms. The summed E-state index contributed by atoms with van der Waals surface area (Å²) in [7, 11) is 0.